The minimum atomic E-state index is -0.598. The average Bonchev–Trinajstić information content (AvgIpc) is 3.20. The molecule has 6 heteroatoms. The second kappa shape index (κ2) is 6.89. The van der Waals surface area contributed by atoms with Gasteiger partial charge in [0.15, 0.2) is 6.61 Å². The van der Waals surface area contributed by atoms with Crippen LogP contribution in [0.2, 0.25) is 5.02 Å². The Labute approximate surface area is 140 Å². The quantitative estimate of drug-likeness (QED) is 0.808. The van der Waals surface area contributed by atoms with Crippen molar-refractivity contribution in [2.24, 2.45) is 0 Å². The number of amides is 1. The highest BCUT2D eigenvalue weighted by Crippen LogP contribution is 2.49. The zero-order chi connectivity index (χ0) is 16.3. The molecule has 0 radical (unpaired) electrons. The summed E-state index contributed by atoms with van der Waals surface area (Å²) >= 11 is 5.87. The topological polar surface area (TPSA) is 64.6 Å². The summed E-state index contributed by atoms with van der Waals surface area (Å²) in [4.78, 5) is 24.1. The maximum atomic E-state index is 12.3. The maximum absolute atomic E-state index is 12.3. The summed E-state index contributed by atoms with van der Waals surface area (Å²) in [7, 11) is 0. The molecule has 23 heavy (non-hydrogen) atoms. The van der Waals surface area contributed by atoms with Crippen molar-refractivity contribution in [1.82, 2.24) is 5.32 Å². The third-order valence-corrected chi connectivity index (χ3v) is 4.67. The standard InChI is InChI=1S/C17H20ClNO4/c18-13-5-3-12(4-6-13)17(7-8-17)16(21)23-11-15(20)19-10-14-2-1-9-22-14/h3-6,14H,1-2,7-11H2,(H,19,20)/t14-/m0/s1. The van der Waals surface area contributed by atoms with Crippen LogP contribution in [0.4, 0.5) is 0 Å². The molecule has 124 valence electrons. The van der Waals surface area contributed by atoms with Gasteiger partial charge >= 0.3 is 5.97 Å². The molecule has 5 nitrogen and oxygen atoms in total. The van der Waals surface area contributed by atoms with Crippen LogP contribution in [0.3, 0.4) is 0 Å². The Morgan fingerprint density at radius 3 is 2.65 bits per heavy atom. The zero-order valence-corrected chi connectivity index (χ0v) is 13.6. The Morgan fingerprint density at radius 1 is 1.30 bits per heavy atom. The summed E-state index contributed by atoms with van der Waals surface area (Å²) < 4.78 is 10.6. The highest BCUT2D eigenvalue weighted by atomic mass is 35.5. The van der Waals surface area contributed by atoms with Gasteiger partial charge in [0, 0.05) is 18.2 Å². The summed E-state index contributed by atoms with van der Waals surface area (Å²) in [6.07, 6.45) is 3.55. The third kappa shape index (κ3) is 3.85. The number of hydrogen-bond donors (Lipinski definition) is 1. The van der Waals surface area contributed by atoms with E-state index in [1.165, 1.54) is 0 Å². The Hall–Kier alpha value is -1.59. The molecule has 1 aliphatic carbocycles. The van der Waals surface area contributed by atoms with Crippen molar-refractivity contribution in [2.45, 2.75) is 37.2 Å². The predicted octanol–water partition coefficient (Wildman–Crippen LogP) is 2.21. The maximum Gasteiger partial charge on any atom is 0.317 e. The lowest BCUT2D eigenvalue weighted by molar-refractivity contribution is -0.151. The summed E-state index contributed by atoms with van der Waals surface area (Å²) in [5.74, 6) is -0.632. The van der Waals surface area contributed by atoms with Gasteiger partial charge in [-0.15, -0.1) is 0 Å². The van der Waals surface area contributed by atoms with Crippen molar-refractivity contribution in [1.29, 1.82) is 0 Å². The van der Waals surface area contributed by atoms with Gasteiger partial charge in [0.2, 0.25) is 0 Å². The number of halogens is 1. The summed E-state index contributed by atoms with van der Waals surface area (Å²) in [5, 5.41) is 3.37. The molecule has 1 heterocycles. The van der Waals surface area contributed by atoms with Gasteiger partial charge in [-0.05, 0) is 43.4 Å². The van der Waals surface area contributed by atoms with E-state index in [2.05, 4.69) is 5.32 Å². The molecule has 1 atom stereocenters. The Kier molecular flexibility index (Phi) is 4.87. The molecule has 1 aliphatic heterocycles. The first-order valence-electron chi connectivity index (χ1n) is 7.92. The minimum Gasteiger partial charge on any atom is -0.455 e. The van der Waals surface area contributed by atoms with Crippen LogP contribution >= 0.6 is 11.6 Å². The number of rotatable bonds is 6. The molecule has 1 saturated carbocycles. The summed E-state index contributed by atoms with van der Waals surface area (Å²) in [5.41, 5.74) is 0.297. The Balaban J connectivity index is 1.47. The second-order valence-electron chi connectivity index (χ2n) is 6.10. The number of esters is 1. The number of ether oxygens (including phenoxy) is 2. The van der Waals surface area contributed by atoms with E-state index in [0.717, 1.165) is 37.9 Å². The number of hydrogen-bond acceptors (Lipinski definition) is 4. The number of carbonyl (C=O) groups is 2. The first-order chi connectivity index (χ1) is 11.1. The predicted molar refractivity (Wildman–Crippen MR) is 85.3 cm³/mol. The average molecular weight is 338 g/mol. The monoisotopic (exact) mass is 337 g/mol. The van der Waals surface area contributed by atoms with Crippen LogP contribution in [-0.2, 0) is 24.5 Å². The van der Waals surface area contributed by atoms with Crippen molar-refractivity contribution in [3.05, 3.63) is 34.9 Å². The van der Waals surface area contributed by atoms with Crippen LogP contribution in [0.5, 0.6) is 0 Å². The van der Waals surface area contributed by atoms with E-state index in [0.29, 0.717) is 11.6 Å². The van der Waals surface area contributed by atoms with Gasteiger partial charge in [-0.2, -0.15) is 0 Å². The molecule has 0 aromatic heterocycles. The molecule has 0 bridgehead atoms. The van der Waals surface area contributed by atoms with E-state index in [1.54, 1.807) is 12.1 Å². The lowest BCUT2D eigenvalue weighted by Gasteiger charge is -2.15. The second-order valence-corrected chi connectivity index (χ2v) is 6.54. The zero-order valence-electron chi connectivity index (χ0n) is 12.8. The smallest absolute Gasteiger partial charge is 0.317 e. The van der Waals surface area contributed by atoms with Crippen LogP contribution < -0.4 is 5.32 Å². The highest BCUT2D eigenvalue weighted by molar-refractivity contribution is 6.30. The molecule has 0 spiro atoms. The van der Waals surface area contributed by atoms with Gasteiger partial charge in [-0.3, -0.25) is 9.59 Å². The van der Waals surface area contributed by atoms with E-state index in [4.69, 9.17) is 21.1 Å². The van der Waals surface area contributed by atoms with Crippen LogP contribution in [0, 0.1) is 0 Å². The van der Waals surface area contributed by atoms with E-state index >= 15 is 0 Å². The van der Waals surface area contributed by atoms with Gasteiger partial charge < -0.3 is 14.8 Å². The number of nitrogens with one attached hydrogen (secondary N) is 1. The molecular formula is C17H20ClNO4. The van der Waals surface area contributed by atoms with Crippen molar-refractivity contribution in [3.63, 3.8) is 0 Å². The first kappa shape index (κ1) is 16.3. The number of carbonyl (C=O) groups excluding carboxylic acids is 2. The first-order valence-corrected chi connectivity index (χ1v) is 8.29. The summed E-state index contributed by atoms with van der Waals surface area (Å²) in [6.45, 7) is 0.971. The molecular weight excluding hydrogens is 318 g/mol. The van der Waals surface area contributed by atoms with Crippen LogP contribution in [0.1, 0.15) is 31.2 Å². The largest absolute Gasteiger partial charge is 0.455 e. The van der Waals surface area contributed by atoms with Crippen LogP contribution in [0.25, 0.3) is 0 Å². The Bertz CT molecular complexity index is 577. The molecule has 1 amide bonds. The molecule has 0 unspecified atom stereocenters. The fraction of sp³-hybridized carbons (Fsp3) is 0.529. The lowest BCUT2D eigenvalue weighted by atomic mass is 9.96. The third-order valence-electron chi connectivity index (χ3n) is 4.42. The van der Waals surface area contributed by atoms with Crippen molar-refractivity contribution < 1.29 is 19.1 Å². The van der Waals surface area contributed by atoms with Gasteiger partial charge in [0.25, 0.3) is 5.91 Å². The van der Waals surface area contributed by atoms with Gasteiger partial charge in [-0.1, -0.05) is 23.7 Å². The van der Waals surface area contributed by atoms with E-state index in [-0.39, 0.29) is 24.6 Å². The molecule has 3 rings (SSSR count). The molecule has 1 aromatic rings. The van der Waals surface area contributed by atoms with Gasteiger partial charge in [0.1, 0.15) is 0 Å². The van der Waals surface area contributed by atoms with Gasteiger partial charge in [-0.25, -0.2) is 0 Å². The fourth-order valence-electron chi connectivity index (χ4n) is 2.86. The molecule has 2 fully saturated rings. The molecule has 1 saturated heterocycles. The molecule has 2 aliphatic rings. The van der Waals surface area contributed by atoms with Crippen LogP contribution in [0.15, 0.2) is 24.3 Å². The van der Waals surface area contributed by atoms with E-state index in [9.17, 15) is 9.59 Å². The van der Waals surface area contributed by atoms with Crippen molar-refractivity contribution >= 4 is 23.5 Å². The van der Waals surface area contributed by atoms with Crippen LogP contribution in [-0.4, -0.2) is 37.7 Å². The summed E-state index contributed by atoms with van der Waals surface area (Å²) in [6, 6.07) is 7.21. The van der Waals surface area contributed by atoms with E-state index in [1.807, 2.05) is 12.1 Å². The fourth-order valence-corrected chi connectivity index (χ4v) is 2.98. The highest BCUT2D eigenvalue weighted by Gasteiger charge is 2.52. The minimum absolute atomic E-state index is 0.0819. The van der Waals surface area contributed by atoms with E-state index < -0.39 is 5.41 Å². The SMILES string of the molecule is O=C(COC(=O)C1(c2ccc(Cl)cc2)CC1)NC[C@@H]1CCCO1. The van der Waals surface area contributed by atoms with Gasteiger partial charge in [0.05, 0.1) is 11.5 Å². The molecule has 1 N–H and O–H groups in total. The number of benzene rings is 1. The molecule has 1 aromatic carbocycles. The Morgan fingerprint density at radius 2 is 2.04 bits per heavy atom. The lowest BCUT2D eigenvalue weighted by Crippen LogP contribution is -2.36. The van der Waals surface area contributed by atoms with Crippen molar-refractivity contribution in [2.75, 3.05) is 19.8 Å². The normalized spacial score (nSPS) is 21.7. The van der Waals surface area contributed by atoms with Crippen molar-refractivity contribution in [3.8, 4) is 0 Å².